The van der Waals surface area contributed by atoms with E-state index in [4.69, 9.17) is 9.26 Å². The summed E-state index contributed by atoms with van der Waals surface area (Å²) in [6.45, 7) is 3.96. The number of carbonyl (C=O) groups excluding carboxylic acids is 2. The van der Waals surface area contributed by atoms with Crippen molar-refractivity contribution in [2.24, 2.45) is 0 Å². The molecule has 134 valence electrons. The molecule has 1 aromatic heterocycles. The van der Waals surface area contributed by atoms with E-state index in [9.17, 15) is 9.59 Å². The second-order valence-electron chi connectivity index (χ2n) is 5.67. The molecule has 2 aromatic rings. The number of aryl methyl sites for hydroxylation is 1. The van der Waals surface area contributed by atoms with Crippen LogP contribution in [0.1, 0.15) is 24.7 Å². The number of nitrogens with zero attached hydrogens (tertiary/aromatic N) is 2. The van der Waals surface area contributed by atoms with Crippen molar-refractivity contribution in [3.8, 4) is 5.75 Å². The third-order valence-electron chi connectivity index (χ3n) is 3.70. The number of carbonyl (C=O) groups is 2. The van der Waals surface area contributed by atoms with Crippen LogP contribution in [0, 0.1) is 6.92 Å². The highest BCUT2D eigenvalue weighted by Crippen LogP contribution is 2.14. The summed E-state index contributed by atoms with van der Waals surface area (Å²) in [5.74, 6) is 1.54. The second-order valence-corrected chi connectivity index (χ2v) is 5.67. The number of ether oxygens (including phenoxy) is 1. The van der Waals surface area contributed by atoms with Crippen LogP contribution in [0.4, 0.5) is 5.82 Å². The SMILES string of the molecule is COc1cccc(CCNC(=O)CCN(C(C)=O)c2cc(C)on2)c1. The fourth-order valence-corrected chi connectivity index (χ4v) is 2.39. The highest BCUT2D eigenvalue weighted by Gasteiger charge is 2.16. The Morgan fingerprint density at radius 3 is 2.76 bits per heavy atom. The molecule has 7 nitrogen and oxygen atoms in total. The molecule has 0 saturated heterocycles. The Morgan fingerprint density at radius 1 is 1.32 bits per heavy atom. The van der Waals surface area contributed by atoms with Crippen LogP contribution in [0.2, 0.25) is 0 Å². The van der Waals surface area contributed by atoms with E-state index in [-0.39, 0.29) is 24.8 Å². The molecule has 0 atom stereocenters. The lowest BCUT2D eigenvalue weighted by molar-refractivity contribution is -0.121. The van der Waals surface area contributed by atoms with E-state index in [2.05, 4.69) is 10.5 Å². The number of amides is 2. The smallest absolute Gasteiger partial charge is 0.225 e. The summed E-state index contributed by atoms with van der Waals surface area (Å²) in [4.78, 5) is 25.2. The number of rotatable bonds is 8. The van der Waals surface area contributed by atoms with Gasteiger partial charge in [-0.25, -0.2) is 0 Å². The summed E-state index contributed by atoms with van der Waals surface area (Å²) in [6, 6.07) is 9.39. The van der Waals surface area contributed by atoms with Gasteiger partial charge in [0.1, 0.15) is 11.5 Å². The van der Waals surface area contributed by atoms with Gasteiger partial charge in [0, 0.05) is 32.5 Å². The Kier molecular flexibility index (Phi) is 6.56. The van der Waals surface area contributed by atoms with Gasteiger partial charge in [-0.2, -0.15) is 0 Å². The molecule has 0 bridgehead atoms. The van der Waals surface area contributed by atoms with E-state index in [0.717, 1.165) is 11.3 Å². The molecular weight excluding hydrogens is 322 g/mol. The molecule has 0 aliphatic rings. The monoisotopic (exact) mass is 345 g/mol. The molecule has 0 aliphatic heterocycles. The fourth-order valence-electron chi connectivity index (χ4n) is 2.39. The van der Waals surface area contributed by atoms with Crippen molar-refractivity contribution in [2.75, 3.05) is 25.1 Å². The maximum Gasteiger partial charge on any atom is 0.225 e. The maximum atomic E-state index is 12.0. The molecule has 0 fully saturated rings. The predicted molar refractivity (Wildman–Crippen MR) is 93.6 cm³/mol. The molecule has 0 unspecified atom stereocenters. The summed E-state index contributed by atoms with van der Waals surface area (Å²) in [5.41, 5.74) is 1.09. The van der Waals surface area contributed by atoms with Crippen molar-refractivity contribution in [3.05, 3.63) is 41.7 Å². The average Bonchev–Trinajstić information content (AvgIpc) is 3.01. The van der Waals surface area contributed by atoms with Crippen molar-refractivity contribution >= 4 is 17.6 Å². The lowest BCUT2D eigenvalue weighted by Gasteiger charge is -2.17. The van der Waals surface area contributed by atoms with Gasteiger partial charge in [-0.15, -0.1) is 0 Å². The van der Waals surface area contributed by atoms with Gasteiger partial charge in [-0.05, 0) is 31.0 Å². The number of methoxy groups -OCH3 is 1. The van der Waals surface area contributed by atoms with Gasteiger partial charge in [0.2, 0.25) is 11.8 Å². The normalized spacial score (nSPS) is 10.4. The lowest BCUT2D eigenvalue weighted by atomic mass is 10.1. The number of aromatic nitrogens is 1. The molecule has 0 aliphatic carbocycles. The highest BCUT2D eigenvalue weighted by molar-refractivity contribution is 5.91. The minimum atomic E-state index is -0.183. The number of hydrogen-bond acceptors (Lipinski definition) is 5. The van der Waals surface area contributed by atoms with Gasteiger partial charge >= 0.3 is 0 Å². The first-order valence-electron chi connectivity index (χ1n) is 8.10. The van der Waals surface area contributed by atoms with E-state index in [1.807, 2.05) is 24.3 Å². The first-order valence-corrected chi connectivity index (χ1v) is 8.10. The van der Waals surface area contributed by atoms with Crippen molar-refractivity contribution < 1.29 is 18.8 Å². The summed E-state index contributed by atoms with van der Waals surface area (Å²) < 4.78 is 10.2. The van der Waals surface area contributed by atoms with E-state index < -0.39 is 0 Å². The molecule has 2 rings (SSSR count). The van der Waals surface area contributed by atoms with Crippen LogP contribution in [0.5, 0.6) is 5.75 Å². The van der Waals surface area contributed by atoms with Crippen molar-refractivity contribution in [1.29, 1.82) is 0 Å². The number of anilines is 1. The van der Waals surface area contributed by atoms with Crippen LogP contribution in [0.25, 0.3) is 0 Å². The van der Waals surface area contributed by atoms with E-state index in [1.165, 1.54) is 11.8 Å². The van der Waals surface area contributed by atoms with Crippen molar-refractivity contribution in [3.63, 3.8) is 0 Å². The third kappa shape index (κ3) is 5.63. The second kappa shape index (κ2) is 8.86. The zero-order valence-electron chi connectivity index (χ0n) is 14.7. The molecule has 1 heterocycles. The molecule has 1 N–H and O–H groups in total. The predicted octanol–water partition coefficient (Wildman–Crippen LogP) is 2.09. The van der Waals surface area contributed by atoms with Gasteiger partial charge in [0.05, 0.1) is 7.11 Å². The zero-order valence-corrected chi connectivity index (χ0v) is 14.7. The van der Waals surface area contributed by atoms with Crippen LogP contribution in [0.3, 0.4) is 0 Å². The zero-order chi connectivity index (χ0) is 18.2. The topological polar surface area (TPSA) is 84.7 Å². The summed E-state index contributed by atoms with van der Waals surface area (Å²) in [6.07, 6.45) is 0.908. The molecule has 0 saturated carbocycles. The van der Waals surface area contributed by atoms with Gasteiger partial charge < -0.3 is 14.6 Å². The Balaban J connectivity index is 1.78. The lowest BCUT2D eigenvalue weighted by Crippen LogP contribution is -2.34. The Morgan fingerprint density at radius 2 is 2.12 bits per heavy atom. The quantitative estimate of drug-likeness (QED) is 0.792. The standard InChI is InChI=1S/C18H23N3O4/c1-13-11-17(20-25-13)21(14(2)22)10-8-18(23)19-9-7-15-5-4-6-16(12-15)24-3/h4-6,11-12H,7-10H2,1-3H3,(H,19,23). The minimum Gasteiger partial charge on any atom is -0.497 e. The van der Waals surface area contributed by atoms with Gasteiger partial charge in [0.15, 0.2) is 5.82 Å². The third-order valence-corrected chi connectivity index (χ3v) is 3.70. The summed E-state index contributed by atoms with van der Waals surface area (Å²) in [5, 5.41) is 6.68. The Labute approximate surface area is 146 Å². The van der Waals surface area contributed by atoms with Gasteiger partial charge in [-0.3, -0.25) is 14.5 Å². The highest BCUT2D eigenvalue weighted by atomic mass is 16.5. The molecule has 2 amide bonds. The number of benzene rings is 1. The Bertz CT molecular complexity index is 727. The fraction of sp³-hybridized carbons (Fsp3) is 0.389. The van der Waals surface area contributed by atoms with E-state index in [1.54, 1.807) is 20.1 Å². The van der Waals surface area contributed by atoms with Crippen LogP contribution >= 0.6 is 0 Å². The average molecular weight is 345 g/mol. The van der Waals surface area contributed by atoms with Gasteiger partial charge in [0.25, 0.3) is 0 Å². The van der Waals surface area contributed by atoms with Crippen LogP contribution in [0.15, 0.2) is 34.9 Å². The van der Waals surface area contributed by atoms with Crippen LogP contribution < -0.4 is 15.0 Å². The van der Waals surface area contributed by atoms with Crippen molar-refractivity contribution in [1.82, 2.24) is 10.5 Å². The molecule has 0 spiro atoms. The molecular formula is C18H23N3O4. The minimum absolute atomic E-state index is 0.116. The molecule has 25 heavy (non-hydrogen) atoms. The first-order chi connectivity index (χ1) is 12.0. The molecule has 7 heteroatoms. The molecule has 1 aromatic carbocycles. The van der Waals surface area contributed by atoms with Crippen molar-refractivity contribution in [2.45, 2.75) is 26.7 Å². The first kappa shape index (κ1) is 18.5. The van der Waals surface area contributed by atoms with Crippen LogP contribution in [-0.2, 0) is 16.0 Å². The summed E-state index contributed by atoms with van der Waals surface area (Å²) in [7, 11) is 1.62. The number of hydrogen-bond donors (Lipinski definition) is 1. The number of nitrogens with one attached hydrogen (secondary N) is 1. The Hall–Kier alpha value is -2.83. The van der Waals surface area contributed by atoms with Gasteiger partial charge in [-0.1, -0.05) is 17.3 Å². The molecule has 0 radical (unpaired) electrons. The van der Waals surface area contributed by atoms with E-state index >= 15 is 0 Å². The van der Waals surface area contributed by atoms with E-state index in [0.29, 0.717) is 24.5 Å². The largest absolute Gasteiger partial charge is 0.497 e. The summed E-state index contributed by atoms with van der Waals surface area (Å²) >= 11 is 0. The van der Waals surface area contributed by atoms with Crippen LogP contribution in [-0.4, -0.2) is 37.2 Å². The maximum absolute atomic E-state index is 12.0.